The molecule has 0 saturated heterocycles. The summed E-state index contributed by atoms with van der Waals surface area (Å²) in [6.07, 6.45) is 6.94. The third-order valence-electron chi connectivity index (χ3n) is 3.60. The monoisotopic (exact) mass is 332 g/mol. The van der Waals surface area contributed by atoms with E-state index in [0.717, 1.165) is 49.2 Å². The molecule has 3 nitrogen and oxygen atoms in total. The number of unbranched alkanes of at least 4 members (excludes halogenated alkanes) is 1. The Kier molecular flexibility index (Phi) is 10.7. The van der Waals surface area contributed by atoms with Crippen LogP contribution in [0.1, 0.15) is 58.1 Å². The van der Waals surface area contributed by atoms with Crippen LogP contribution < -0.4 is 0 Å². The van der Waals surface area contributed by atoms with Gasteiger partial charge in [0, 0.05) is 6.61 Å². The van der Waals surface area contributed by atoms with Crippen molar-refractivity contribution in [2.75, 3.05) is 26.4 Å². The van der Waals surface area contributed by atoms with E-state index in [-0.39, 0.29) is 0 Å². The van der Waals surface area contributed by atoms with Crippen molar-refractivity contribution >= 4 is 11.1 Å². The van der Waals surface area contributed by atoms with E-state index in [1.165, 1.54) is 5.56 Å². The molecule has 0 fully saturated rings. The van der Waals surface area contributed by atoms with Crippen molar-refractivity contribution in [3.8, 4) is 0 Å². The fourth-order valence-electron chi connectivity index (χ4n) is 2.09. The van der Waals surface area contributed by atoms with E-state index in [1.54, 1.807) is 0 Å². The maximum atomic E-state index is 5.59. The van der Waals surface area contributed by atoms with Gasteiger partial charge >= 0.3 is 0 Å². The number of hydrogen-bond acceptors (Lipinski definition) is 3. The first-order valence-corrected chi connectivity index (χ1v) is 8.94. The van der Waals surface area contributed by atoms with Crippen LogP contribution in [0, 0.1) is 0 Å². The van der Waals surface area contributed by atoms with Crippen molar-refractivity contribution in [3.05, 3.63) is 47.9 Å². The molecule has 0 heterocycles. The minimum absolute atomic E-state index is 0.585. The van der Waals surface area contributed by atoms with Crippen LogP contribution in [0.5, 0.6) is 0 Å². The molecular weight excluding hydrogens is 300 g/mol. The number of benzene rings is 1. The highest BCUT2D eigenvalue weighted by Gasteiger charge is 2.01. The number of rotatable bonds is 12. The van der Waals surface area contributed by atoms with Gasteiger partial charge in [-0.2, -0.15) is 0 Å². The number of ether oxygens (including phenoxy) is 3. The lowest BCUT2D eigenvalue weighted by molar-refractivity contribution is 0.0856. The summed E-state index contributed by atoms with van der Waals surface area (Å²) in [5.41, 5.74) is 4.56. The molecule has 0 aromatic heterocycles. The molecule has 1 rings (SSSR count). The molecule has 3 heteroatoms. The highest BCUT2D eigenvalue weighted by Crippen LogP contribution is 2.20. The Morgan fingerprint density at radius 2 is 1.46 bits per heavy atom. The topological polar surface area (TPSA) is 27.7 Å². The van der Waals surface area contributed by atoms with E-state index in [4.69, 9.17) is 14.2 Å². The molecule has 24 heavy (non-hydrogen) atoms. The predicted octanol–water partition coefficient (Wildman–Crippen LogP) is 5.67. The molecule has 0 atom stereocenters. The quantitative estimate of drug-likeness (QED) is 0.365. The summed E-state index contributed by atoms with van der Waals surface area (Å²) in [5, 5.41) is 0. The van der Waals surface area contributed by atoms with Gasteiger partial charge in [-0.05, 0) is 55.0 Å². The second-order valence-electron chi connectivity index (χ2n) is 5.89. The van der Waals surface area contributed by atoms with Gasteiger partial charge in [0.05, 0.1) is 25.7 Å². The van der Waals surface area contributed by atoms with E-state index in [0.29, 0.717) is 13.2 Å². The molecule has 1 aromatic carbocycles. The molecule has 0 unspecified atom stereocenters. The third-order valence-corrected chi connectivity index (χ3v) is 3.60. The molecule has 0 radical (unpaired) electrons. The third kappa shape index (κ3) is 8.21. The molecule has 0 N–H and O–H groups in total. The second kappa shape index (κ2) is 12.7. The Balaban J connectivity index is 2.56. The summed E-state index contributed by atoms with van der Waals surface area (Å²) in [6, 6.07) is 8.43. The van der Waals surface area contributed by atoms with Crippen LogP contribution in [-0.2, 0) is 14.2 Å². The van der Waals surface area contributed by atoms with E-state index in [1.807, 2.05) is 12.5 Å². The highest BCUT2D eigenvalue weighted by molar-refractivity contribution is 5.70. The van der Waals surface area contributed by atoms with Crippen LogP contribution >= 0.6 is 0 Å². The van der Waals surface area contributed by atoms with Crippen molar-refractivity contribution in [2.45, 2.75) is 47.0 Å². The van der Waals surface area contributed by atoms with E-state index < -0.39 is 0 Å². The Hall–Kier alpha value is -1.74. The van der Waals surface area contributed by atoms with Gasteiger partial charge in [0.15, 0.2) is 0 Å². The first-order chi connectivity index (χ1) is 11.7. The molecule has 0 amide bonds. The van der Waals surface area contributed by atoms with E-state index in [9.17, 15) is 0 Å². The zero-order chi connectivity index (χ0) is 17.6. The van der Waals surface area contributed by atoms with Crippen LogP contribution in [0.25, 0.3) is 11.1 Å². The normalized spacial score (nSPS) is 12.3. The summed E-state index contributed by atoms with van der Waals surface area (Å²) < 4.78 is 16.5. The molecule has 0 spiro atoms. The molecule has 1 aromatic rings. The van der Waals surface area contributed by atoms with Gasteiger partial charge in [0.2, 0.25) is 0 Å². The Morgan fingerprint density at radius 3 is 2.04 bits per heavy atom. The zero-order valence-corrected chi connectivity index (χ0v) is 15.6. The van der Waals surface area contributed by atoms with E-state index in [2.05, 4.69) is 52.0 Å². The first kappa shape index (κ1) is 20.3. The first-order valence-electron chi connectivity index (χ1n) is 8.94. The standard InChI is InChI=1S/C21H32O3/c1-5-7-12-23-16-18(3)20-9-8-10-21(15-20)19(4)17-24-14-13-22-11-6-2/h8-10,15-17H,5-7,11-14H2,1-4H3. The maximum Gasteiger partial charge on any atom is 0.111 e. The lowest BCUT2D eigenvalue weighted by Crippen LogP contribution is -2.02. The molecule has 0 aliphatic heterocycles. The lowest BCUT2D eigenvalue weighted by Gasteiger charge is -2.08. The van der Waals surface area contributed by atoms with Gasteiger partial charge in [-0.3, -0.25) is 0 Å². The van der Waals surface area contributed by atoms with Gasteiger partial charge < -0.3 is 14.2 Å². The fourth-order valence-corrected chi connectivity index (χ4v) is 2.09. The Labute approximate surface area is 147 Å². The molecule has 0 saturated carbocycles. The predicted molar refractivity (Wildman–Crippen MR) is 102 cm³/mol. The molecule has 0 aliphatic rings. The summed E-state index contributed by atoms with van der Waals surface area (Å²) in [5.74, 6) is 0. The SMILES string of the molecule is CCCCOC=C(C)c1cccc(C(C)=COCCOCCC)c1. The minimum Gasteiger partial charge on any atom is -0.501 e. The molecular formula is C21H32O3. The van der Waals surface area contributed by atoms with Gasteiger partial charge in [-0.1, -0.05) is 38.5 Å². The number of hydrogen-bond donors (Lipinski definition) is 0. The molecule has 0 aliphatic carbocycles. The van der Waals surface area contributed by atoms with Crippen LogP contribution in [0.15, 0.2) is 36.8 Å². The van der Waals surface area contributed by atoms with Crippen molar-refractivity contribution in [1.82, 2.24) is 0 Å². The molecule has 0 bridgehead atoms. The number of allylic oxidation sites excluding steroid dienone is 2. The summed E-state index contributed by atoms with van der Waals surface area (Å²) in [6.45, 7) is 11.2. The largest absolute Gasteiger partial charge is 0.501 e. The Bertz CT molecular complexity index is 518. The van der Waals surface area contributed by atoms with Crippen LogP contribution in [0.4, 0.5) is 0 Å². The fraction of sp³-hybridized carbons (Fsp3) is 0.524. The highest BCUT2D eigenvalue weighted by atomic mass is 16.5. The van der Waals surface area contributed by atoms with Gasteiger partial charge in [-0.25, -0.2) is 0 Å². The lowest BCUT2D eigenvalue weighted by atomic mass is 10.0. The average Bonchev–Trinajstić information content (AvgIpc) is 2.61. The smallest absolute Gasteiger partial charge is 0.111 e. The van der Waals surface area contributed by atoms with E-state index >= 15 is 0 Å². The Morgan fingerprint density at radius 1 is 0.833 bits per heavy atom. The van der Waals surface area contributed by atoms with Crippen LogP contribution in [0.3, 0.4) is 0 Å². The second-order valence-corrected chi connectivity index (χ2v) is 5.89. The summed E-state index contributed by atoms with van der Waals surface area (Å²) >= 11 is 0. The van der Waals surface area contributed by atoms with Crippen LogP contribution in [-0.4, -0.2) is 26.4 Å². The van der Waals surface area contributed by atoms with Gasteiger partial charge in [0.25, 0.3) is 0 Å². The van der Waals surface area contributed by atoms with Gasteiger partial charge in [-0.15, -0.1) is 0 Å². The minimum atomic E-state index is 0.585. The van der Waals surface area contributed by atoms with Crippen molar-refractivity contribution < 1.29 is 14.2 Å². The van der Waals surface area contributed by atoms with Crippen LogP contribution in [0.2, 0.25) is 0 Å². The zero-order valence-electron chi connectivity index (χ0n) is 15.6. The van der Waals surface area contributed by atoms with Crippen molar-refractivity contribution in [3.63, 3.8) is 0 Å². The van der Waals surface area contributed by atoms with Crippen molar-refractivity contribution in [1.29, 1.82) is 0 Å². The summed E-state index contributed by atoms with van der Waals surface area (Å²) in [4.78, 5) is 0. The van der Waals surface area contributed by atoms with Gasteiger partial charge in [0.1, 0.15) is 6.61 Å². The molecule has 134 valence electrons. The van der Waals surface area contributed by atoms with Crippen molar-refractivity contribution in [2.24, 2.45) is 0 Å². The average molecular weight is 332 g/mol. The maximum absolute atomic E-state index is 5.59. The summed E-state index contributed by atoms with van der Waals surface area (Å²) in [7, 11) is 0.